The van der Waals surface area contributed by atoms with Crippen molar-refractivity contribution in [3.8, 4) is 6.07 Å². The lowest BCUT2D eigenvalue weighted by Gasteiger charge is -2.09. The molecule has 1 aromatic carbocycles. The van der Waals surface area contributed by atoms with Crippen LogP contribution in [0.15, 0.2) is 18.2 Å². The zero-order chi connectivity index (χ0) is 14.7. The van der Waals surface area contributed by atoms with Crippen LogP contribution in [0.2, 0.25) is 0 Å². The maximum Gasteiger partial charge on any atom is 0.326 e. The summed E-state index contributed by atoms with van der Waals surface area (Å²) in [4.78, 5) is 16.1. The van der Waals surface area contributed by atoms with Crippen LogP contribution in [-0.2, 0) is 16.1 Å². The lowest BCUT2D eigenvalue weighted by Crippen LogP contribution is -2.15. The van der Waals surface area contributed by atoms with Gasteiger partial charge < -0.3 is 9.30 Å². The molecule has 1 aromatic heterocycles. The van der Waals surface area contributed by atoms with Crippen molar-refractivity contribution in [1.29, 1.82) is 5.26 Å². The van der Waals surface area contributed by atoms with Crippen LogP contribution in [0, 0.1) is 11.3 Å². The Bertz CT molecular complexity index is 686. The van der Waals surface area contributed by atoms with E-state index >= 15 is 0 Å². The summed E-state index contributed by atoms with van der Waals surface area (Å²) in [6.07, 6.45) is 0. The highest BCUT2D eigenvalue weighted by Gasteiger charge is 2.19. The number of ether oxygens (including phenoxy) is 1. The average Bonchev–Trinajstić information content (AvgIpc) is 2.78. The Morgan fingerprint density at radius 1 is 1.60 bits per heavy atom. The number of halogens is 1. The Labute approximate surface area is 121 Å². The minimum absolute atomic E-state index is 0.0333. The molecule has 0 bridgehead atoms. The number of hydrogen-bond donors (Lipinski definition) is 0. The summed E-state index contributed by atoms with van der Waals surface area (Å²) >= 11 is 6.12. The smallest absolute Gasteiger partial charge is 0.326 e. The van der Waals surface area contributed by atoms with Gasteiger partial charge in [0.2, 0.25) is 0 Å². The molecule has 0 saturated heterocycles. The molecule has 2 rings (SSSR count). The largest absolute Gasteiger partial charge is 0.465 e. The number of rotatable bonds is 4. The number of nitriles is 1. The fourth-order valence-electron chi connectivity index (χ4n) is 2.06. The molecular formula is C14H14ClN3O2. The molecule has 1 heterocycles. The van der Waals surface area contributed by atoms with Crippen molar-refractivity contribution in [2.45, 2.75) is 25.8 Å². The van der Waals surface area contributed by atoms with Crippen molar-refractivity contribution in [1.82, 2.24) is 9.55 Å². The molecule has 1 unspecified atom stereocenters. The topological polar surface area (TPSA) is 67.9 Å². The number of benzene rings is 1. The van der Waals surface area contributed by atoms with Gasteiger partial charge in [0.25, 0.3) is 0 Å². The highest BCUT2D eigenvalue weighted by Crippen LogP contribution is 2.26. The minimum atomic E-state index is -0.372. The maximum absolute atomic E-state index is 11.7. The van der Waals surface area contributed by atoms with Gasteiger partial charge in [-0.05, 0) is 26.0 Å². The minimum Gasteiger partial charge on any atom is -0.465 e. The Morgan fingerprint density at radius 2 is 2.35 bits per heavy atom. The molecular weight excluding hydrogens is 278 g/mol. The molecule has 0 amide bonds. The van der Waals surface area contributed by atoms with E-state index in [1.165, 1.54) is 0 Å². The van der Waals surface area contributed by atoms with E-state index in [1.54, 1.807) is 30.5 Å². The fraction of sp³-hybridized carbons (Fsp3) is 0.357. The van der Waals surface area contributed by atoms with Gasteiger partial charge in [-0.25, -0.2) is 4.98 Å². The molecule has 0 aliphatic heterocycles. The summed E-state index contributed by atoms with van der Waals surface area (Å²) in [5, 5.41) is 8.74. The lowest BCUT2D eigenvalue weighted by molar-refractivity contribution is -0.143. The number of alkyl halides is 1. The molecule has 104 valence electrons. The summed E-state index contributed by atoms with van der Waals surface area (Å²) in [6, 6.07) is 7.35. The average molecular weight is 292 g/mol. The number of carbonyl (C=O) groups excluding carboxylic acids is 1. The standard InChI is InChI=1S/C14H14ClN3O2/c1-3-20-12(19)8-18-11-6-4-5-10(7-16)13(11)17-14(18)9(2)15/h4-6,9H,3,8H2,1-2H3. The molecule has 0 spiro atoms. The van der Waals surface area contributed by atoms with Crippen molar-refractivity contribution in [2.75, 3.05) is 6.61 Å². The van der Waals surface area contributed by atoms with Gasteiger partial charge in [0, 0.05) is 0 Å². The number of nitrogens with zero attached hydrogens (tertiary/aromatic N) is 3. The lowest BCUT2D eigenvalue weighted by atomic mass is 10.2. The first-order valence-corrected chi connectivity index (χ1v) is 6.71. The molecule has 6 heteroatoms. The quantitative estimate of drug-likeness (QED) is 0.641. The summed E-state index contributed by atoms with van der Waals surface area (Å²) in [5.41, 5.74) is 1.73. The first kappa shape index (κ1) is 14.4. The Morgan fingerprint density at radius 3 is 2.95 bits per heavy atom. The van der Waals surface area contributed by atoms with Crippen LogP contribution >= 0.6 is 11.6 Å². The van der Waals surface area contributed by atoms with Gasteiger partial charge in [0.15, 0.2) is 0 Å². The molecule has 0 fully saturated rings. The summed E-state index contributed by atoms with van der Waals surface area (Å²) in [7, 11) is 0. The first-order chi connectivity index (χ1) is 9.58. The number of carbonyl (C=O) groups is 1. The first-order valence-electron chi connectivity index (χ1n) is 6.27. The third-order valence-corrected chi connectivity index (χ3v) is 3.07. The third kappa shape index (κ3) is 2.61. The predicted molar refractivity (Wildman–Crippen MR) is 75.3 cm³/mol. The molecule has 0 aliphatic carbocycles. The normalized spacial score (nSPS) is 12.1. The zero-order valence-electron chi connectivity index (χ0n) is 11.3. The second kappa shape index (κ2) is 5.93. The number of aromatic nitrogens is 2. The number of esters is 1. The molecule has 0 aliphatic rings. The Balaban J connectivity index is 2.58. The number of imidazole rings is 1. The Kier molecular flexibility index (Phi) is 4.26. The van der Waals surface area contributed by atoms with Crippen LogP contribution in [0.5, 0.6) is 0 Å². The molecule has 0 radical (unpaired) electrons. The zero-order valence-corrected chi connectivity index (χ0v) is 12.0. The summed E-state index contributed by atoms with van der Waals surface area (Å²) in [5.74, 6) is 0.199. The second-order valence-corrected chi connectivity index (χ2v) is 4.92. The van der Waals surface area contributed by atoms with Crippen LogP contribution in [0.4, 0.5) is 0 Å². The van der Waals surface area contributed by atoms with E-state index in [0.29, 0.717) is 29.0 Å². The molecule has 0 N–H and O–H groups in total. The Hall–Kier alpha value is -2.06. The van der Waals surface area contributed by atoms with E-state index in [4.69, 9.17) is 21.6 Å². The maximum atomic E-state index is 11.7. The third-order valence-electron chi connectivity index (χ3n) is 2.88. The van der Waals surface area contributed by atoms with E-state index in [0.717, 1.165) is 0 Å². The number of hydrogen-bond acceptors (Lipinski definition) is 4. The van der Waals surface area contributed by atoms with Crippen LogP contribution < -0.4 is 0 Å². The van der Waals surface area contributed by atoms with Crippen LogP contribution in [0.1, 0.15) is 30.6 Å². The van der Waals surface area contributed by atoms with Gasteiger partial charge in [-0.1, -0.05) is 6.07 Å². The second-order valence-electron chi connectivity index (χ2n) is 4.26. The molecule has 1 atom stereocenters. The van der Waals surface area contributed by atoms with E-state index in [1.807, 2.05) is 6.07 Å². The van der Waals surface area contributed by atoms with E-state index < -0.39 is 0 Å². The van der Waals surface area contributed by atoms with Crippen molar-refractivity contribution < 1.29 is 9.53 Å². The summed E-state index contributed by atoms with van der Waals surface area (Å²) < 4.78 is 6.66. The molecule has 0 saturated carbocycles. The number of fused-ring (bicyclic) bond motifs is 1. The van der Waals surface area contributed by atoms with E-state index in [2.05, 4.69) is 11.1 Å². The van der Waals surface area contributed by atoms with Crippen molar-refractivity contribution in [2.24, 2.45) is 0 Å². The molecule has 5 nitrogen and oxygen atoms in total. The van der Waals surface area contributed by atoms with E-state index in [-0.39, 0.29) is 17.9 Å². The predicted octanol–water partition coefficient (Wildman–Crippen LogP) is 2.77. The van der Waals surface area contributed by atoms with Gasteiger partial charge in [-0.2, -0.15) is 5.26 Å². The van der Waals surface area contributed by atoms with E-state index in [9.17, 15) is 4.79 Å². The highest BCUT2D eigenvalue weighted by molar-refractivity contribution is 6.20. The fourth-order valence-corrected chi connectivity index (χ4v) is 2.23. The van der Waals surface area contributed by atoms with Crippen LogP contribution in [0.25, 0.3) is 11.0 Å². The van der Waals surface area contributed by atoms with Crippen LogP contribution in [-0.4, -0.2) is 22.1 Å². The molecule has 20 heavy (non-hydrogen) atoms. The highest BCUT2D eigenvalue weighted by atomic mass is 35.5. The van der Waals surface area contributed by atoms with Gasteiger partial charge in [0.1, 0.15) is 24.0 Å². The van der Waals surface area contributed by atoms with Gasteiger partial charge in [-0.15, -0.1) is 11.6 Å². The van der Waals surface area contributed by atoms with Crippen LogP contribution in [0.3, 0.4) is 0 Å². The van der Waals surface area contributed by atoms with Gasteiger partial charge >= 0.3 is 5.97 Å². The molecule has 2 aromatic rings. The number of para-hydroxylation sites is 1. The SMILES string of the molecule is CCOC(=O)Cn1c(C(C)Cl)nc2c(C#N)cccc21. The van der Waals surface area contributed by atoms with Crippen molar-refractivity contribution in [3.63, 3.8) is 0 Å². The van der Waals surface area contributed by atoms with Gasteiger partial charge in [-0.3, -0.25) is 4.79 Å². The van der Waals surface area contributed by atoms with Crippen molar-refractivity contribution >= 4 is 28.6 Å². The van der Waals surface area contributed by atoms with Gasteiger partial charge in [0.05, 0.1) is 23.1 Å². The monoisotopic (exact) mass is 291 g/mol. The summed E-state index contributed by atoms with van der Waals surface area (Å²) in [6.45, 7) is 3.88. The van der Waals surface area contributed by atoms with Crippen molar-refractivity contribution in [3.05, 3.63) is 29.6 Å².